The van der Waals surface area contributed by atoms with Crippen LogP contribution in [0.15, 0.2) is 24.3 Å². The van der Waals surface area contributed by atoms with Crippen molar-refractivity contribution in [3.05, 3.63) is 30.1 Å². The van der Waals surface area contributed by atoms with Crippen molar-refractivity contribution < 1.29 is 18.7 Å². The van der Waals surface area contributed by atoms with E-state index in [1.807, 2.05) is 0 Å². The predicted octanol–water partition coefficient (Wildman–Crippen LogP) is 2.89. The highest BCUT2D eigenvalue weighted by Crippen LogP contribution is 2.24. The summed E-state index contributed by atoms with van der Waals surface area (Å²) in [5.74, 6) is -0.180. The van der Waals surface area contributed by atoms with E-state index in [1.165, 1.54) is 18.6 Å². The zero-order valence-corrected chi connectivity index (χ0v) is 15.1. The first-order valence-corrected chi connectivity index (χ1v) is 9.59. The van der Waals surface area contributed by atoms with Crippen molar-refractivity contribution in [1.82, 2.24) is 10.2 Å². The lowest BCUT2D eigenvalue weighted by Crippen LogP contribution is -2.48. The second-order valence-electron chi connectivity index (χ2n) is 7.22. The smallest absolute Gasteiger partial charge is 0.260 e. The highest BCUT2D eigenvalue weighted by atomic mass is 19.1. The van der Waals surface area contributed by atoms with E-state index >= 15 is 0 Å². The Bertz CT molecular complexity index is 623. The zero-order chi connectivity index (χ0) is 18.4. The lowest BCUT2D eigenvalue weighted by molar-refractivity contribution is -0.134. The number of likely N-dealkylation sites (tertiary alicyclic amines) is 1. The Morgan fingerprint density at radius 2 is 1.77 bits per heavy atom. The highest BCUT2D eigenvalue weighted by molar-refractivity contribution is 5.79. The Hall–Kier alpha value is -2.11. The van der Waals surface area contributed by atoms with Gasteiger partial charge in [-0.15, -0.1) is 0 Å². The van der Waals surface area contributed by atoms with Gasteiger partial charge in [0.15, 0.2) is 18.2 Å². The summed E-state index contributed by atoms with van der Waals surface area (Å²) in [5.41, 5.74) is 0. The summed E-state index contributed by atoms with van der Waals surface area (Å²) < 4.78 is 18.8. The monoisotopic (exact) mass is 362 g/mol. The van der Waals surface area contributed by atoms with Crippen molar-refractivity contribution in [2.75, 3.05) is 19.7 Å². The standard InChI is InChI=1S/C20H27FN2O3/c21-17-8-4-5-9-18(17)26-14-19(24)23-12-10-16(11-13-23)22-20(25)15-6-2-1-3-7-15/h4-5,8-9,15-16H,1-3,6-7,10-14H2,(H,22,25). The molecule has 2 fully saturated rings. The summed E-state index contributed by atoms with van der Waals surface area (Å²) in [6.07, 6.45) is 7.03. The van der Waals surface area contributed by atoms with Crippen LogP contribution >= 0.6 is 0 Å². The Morgan fingerprint density at radius 3 is 2.46 bits per heavy atom. The lowest BCUT2D eigenvalue weighted by atomic mass is 9.88. The van der Waals surface area contributed by atoms with E-state index in [4.69, 9.17) is 4.74 Å². The summed E-state index contributed by atoms with van der Waals surface area (Å²) in [6, 6.07) is 6.20. The number of rotatable bonds is 5. The molecule has 5 nitrogen and oxygen atoms in total. The Labute approximate surface area is 153 Å². The van der Waals surface area contributed by atoms with Crippen molar-refractivity contribution in [1.29, 1.82) is 0 Å². The average Bonchev–Trinajstić information content (AvgIpc) is 2.68. The number of hydrogen-bond acceptors (Lipinski definition) is 3. The van der Waals surface area contributed by atoms with Gasteiger partial charge in [-0.05, 0) is 37.8 Å². The quantitative estimate of drug-likeness (QED) is 0.876. The molecule has 1 heterocycles. The predicted molar refractivity (Wildman–Crippen MR) is 96.2 cm³/mol. The number of para-hydroxylation sites is 1. The molecule has 1 N–H and O–H groups in total. The van der Waals surface area contributed by atoms with E-state index in [1.54, 1.807) is 17.0 Å². The van der Waals surface area contributed by atoms with Gasteiger partial charge in [-0.1, -0.05) is 31.4 Å². The van der Waals surface area contributed by atoms with E-state index in [0.29, 0.717) is 13.1 Å². The number of benzene rings is 1. The van der Waals surface area contributed by atoms with Gasteiger partial charge in [-0.3, -0.25) is 9.59 Å². The molecule has 142 valence electrons. The zero-order valence-electron chi connectivity index (χ0n) is 15.1. The van der Waals surface area contributed by atoms with Gasteiger partial charge in [0.05, 0.1) is 0 Å². The summed E-state index contributed by atoms with van der Waals surface area (Å²) >= 11 is 0. The Kier molecular flexibility index (Phi) is 6.47. The molecule has 1 aliphatic carbocycles. The number of carbonyl (C=O) groups is 2. The van der Waals surface area contributed by atoms with Gasteiger partial charge < -0.3 is 15.0 Å². The van der Waals surface area contributed by atoms with Crippen LogP contribution < -0.4 is 10.1 Å². The van der Waals surface area contributed by atoms with Gasteiger partial charge in [-0.2, -0.15) is 0 Å². The van der Waals surface area contributed by atoms with E-state index in [-0.39, 0.29) is 36.1 Å². The maximum absolute atomic E-state index is 13.5. The Balaban J connectivity index is 1.39. The molecule has 3 rings (SSSR count). The first kappa shape index (κ1) is 18.7. The van der Waals surface area contributed by atoms with Crippen LogP contribution in [0.5, 0.6) is 5.75 Å². The number of nitrogens with one attached hydrogen (secondary N) is 1. The van der Waals surface area contributed by atoms with Crippen LogP contribution in [0.4, 0.5) is 4.39 Å². The summed E-state index contributed by atoms with van der Waals surface area (Å²) in [7, 11) is 0. The minimum atomic E-state index is -0.468. The van der Waals surface area contributed by atoms with Gasteiger partial charge in [0.1, 0.15) is 0 Å². The third-order valence-corrected chi connectivity index (χ3v) is 5.36. The van der Waals surface area contributed by atoms with E-state index < -0.39 is 5.82 Å². The van der Waals surface area contributed by atoms with Crippen LogP contribution in [0.3, 0.4) is 0 Å². The molecule has 1 aromatic carbocycles. The molecule has 26 heavy (non-hydrogen) atoms. The third kappa shape index (κ3) is 4.96. The SMILES string of the molecule is O=C(NC1CCN(C(=O)COc2ccccc2F)CC1)C1CCCCC1. The molecule has 0 bridgehead atoms. The summed E-state index contributed by atoms with van der Waals surface area (Å²) in [4.78, 5) is 26.3. The van der Waals surface area contributed by atoms with Crippen molar-refractivity contribution >= 4 is 11.8 Å². The van der Waals surface area contributed by atoms with Crippen molar-refractivity contribution in [3.63, 3.8) is 0 Å². The fourth-order valence-electron chi connectivity index (χ4n) is 3.75. The molecule has 0 unspecified atom stereocenters. The normalized spacial score (nSPS) is 19.2. The number of nitrogens with zero attached hydrogens (tertiary/aromatic N) is 1. The van der Waals surface area contributed by atoms with Crippen LogP contribution in [0.25, 0.3) is 0 Å². The number of piperidine rings is 1. The highest BCUT2D eigenvalue weighted by Gasteiger charge is 2.27. The molecule has 2 amide bonds. The molecule has 1 saturated carbocycles. The van der Waals surface area contributed by atoms with Gasteiger partial charge in [0, 0.05) is 25.0 Å². The first-order valence-electron chi connectivity index (χ1n) is 9.59. The molecular formula is C20H27FN2O3. The van der Waals surface area contributed by atoms with Crippen LogP contribution in [0, 0.1) is 11.7 Å². The minimum absolute atomic E-state index is 0.0930. The number of halogens is 1. The molecule has 6 heteroatoms. The average molecular weight is 362 g/mol. The van der Waals surface area contributed by atoms with E-state index in [2.05, 4.69) is 5.32 Å². The molecule has 2 aliphatic rings. The van der Waals surface area contributed by atoms with Gasteiger partial charge >= 0.3 is 0 Å². The number of carbonyl (C=O) groups excluding carboxylic acids is 2. The summed E-state index contributed by atoms with van der Waals surface area (Å²) in [5, 5.41) is 3.16. The van der Waals surface area contributed by atoms with Crippen LogP contribution in [-0.4, -0.2) is 42.5 Å². The first-order chi connectivity index (χ1) is 12.6. The number of amides is 2. The van der Waals surface area contributed by atoms with E-state index in [9.17, 15) is 14.0 Å². The van der Waals surface area contributed by atoms with Crippen molar-refractivity contribution in [3.8, 4) is 5.75 Å². The Morgan fingerprint density at radius 1 is 1.08 bits per heavy atom. The van der Waals surface area contributed by atoms with Crippen molar-refractivity contribution in [2.24, 2.45) is 5.92 Å². The van der Waals surface area contributed by atoms with Gasteiger partial charge in [0.2, 0.25) is 5.91 Å². The van der Waals surface area contributed by atoms with Gasteiger partial charge in [0.25, 0.3) is 5.91 Å². The fraction of sp³-hybridized carbons (Fsp3) is 0.600. The maximum Gasteiger partial charge on any atom is 0.260 e. The van der Waals surface area contributed by atoms with Crippen molar-refractivity contribution in [2.45, 2.75) is 51.0 Å². The molecule has 0 spiro atoms. The molecular weight excluding hydrogens is 335 g/mol. The van der Waals surface area contributed by atoms with E-state index in [0.717, 1.165) is 38.5 Å². The molecule has 0 radical (unpaired) electrons. The molecule has 0 aromatic heterocycles. The largest absolute Gasteiger partial charge is 0.481 e. The van der Waals surface area contributed by atoms with Crippen LogP contribution in [0.2, 0.25) is 0 Å². The van der Waals surface area contributed by atoms with Gasteiger partial charge in [-0.25, -0.2) is 4.39 Å². The molecule has 0 atom stereocenters. The van der Waals surface area contributed by atoms with Crippen LogP contribution in [0.1, 0.15) is 44.9 Å². The van der Waals surface area contributed by atoms with Crippen LogP contribution in [-0.2, 0) is 9.59 Å². The third-order valence-electron chi connectivity index (χ3n) is 5.36. The summed E-state index contributed by atoms with van der Waals surface area (Å²) in [6.45, 7) is 1.02. The molecule has 1 aliphatic heterocycles. The fourth-order valence-corrected chi connectivity index (χ4v) is 3.75. The molecule has 1 saturated heterocycles. The number of ether oxygens (including phenoxy) is 1. The maximum atomic E-state index is 13.5. The second-order valence-corrected chi connectivity index (χ2v) is 7.22. The second kappa shape index (κ2) is 9.01. The molecule has 1 aromatic rings. The minimum Gasteiger partial charge on any atom is -0.481 e. The number of hydrogen-bond donors (Lipinski definition) is 1. The topological polar surface area (TPSA) is 58.6 Å². The lowest BCUT2D eigenvalue weighted by Gasteiger charge is -2.33.